The SMILES string of the molecule is O=C(CCOc1ccccc1F)N1CC(O)C1. The summed E-state index contributed by atoms with van der Waals surface area (Å²) in [6.07, 6.45) is -0.201. The summed E-state index contributed by atoms with van der Waals surface area (Å²) in [5.74, 6) is -0.352. The zero-order valence-corrected chi connectivity index (χ0v) is 9.30. The number of β-amino-alcohol motifs (C(OH)–C–C–N with tert-alkyl or cyclic N) is 1. The molecule has 0 aliphatic carbocycles. The molecule has 1 heterocycles. The molecule has 0 unspecified atom stereocenters. The van der Waals surface area contributed by atoms with Gasteiger partial charge in [0.2, 0.25) is 5.91 Å². The van der Waals surface area contributed by atoms with Crippen LogP contribution in [0.3, 0.4) is 0 Å². The number of ether oxygens (including phenoxy) is 1. The molecule has 1 fully saturated rings. The standard InChI is InChI=1S/C12H14FNO3/c13-10-3-1-2-4-11(10)17-6-5-12(16)14-7-9(15)8-14/h1-4,9,15H,5-8H2. The van der Waals surface area contributed by atoms with Crippen molar-refractivity contribution in [3.63, 3.8) is 0 Å². The minimum absolute atomic E-state index is 0.0772. The maximum absolute atomic E-state index is 13.1. The van der Waals surface area contributed by atoms with E-state index in [4.69, 9.17) is 9.84 Å². The van der Waals surface area contributed by atoms with Crippen molar-refractivity contribution in [3.8, 4) is 5.75 Å². The molecule has 0 spiro atoms. The van der Waals surface area contributed by atoms with Gasteiger partial charge in [-0.1, -0.05) is 12.1 Å². The Kier molecular flexibility index (Phi) is 3.58. The van der Waals surface area contributed by atoms with E-state index in [1.165, 1.54) is 12.1 Å². The van der Waals surface area contributed by atoms with Gasteiger partial charge in [0.1, 0.15) is 0 Å². The second-order valence-corrected chi connectivity index (χ2v) is 3.98. The highest BCUT2D eigenvalue weighted by atomic mass is 19.1. The van der Waals surface area contributed by atoms with Crippen molar-refractivity contribution in [2.45, 2.75) is 12.5 Å². The predicted molar refractivity (Wildman–Crippen MR) is 59.1 cm³/mol. The highest BCUT2D eigenvalue weighted by Crippen LogP contribution is 2.16. The number of carbonyl (C=O) groups is 1. The van der Waals surface area contributed by atoms with Crippen LogP contribution in [0.1, 0.15) is 6.42 Å². The molecule has 1 amide bonds. The third-order valence-electron chi connectivity index (χ3n) is 2.63. The lowest BCUT2D eigenvalue weighted by Gasteiger charge is -2.35. The van der Waals surface area contributed by atoms with Gasteiger partial charge in [0.15, 0.2) is 11.6 Å². The minimum atomic E-state index is -0.431. The van der Waals surface area contributed by atoms with Gasteiger partial charge in [0.25, 0.3) is 0 Å². The van der Waals surface area contributed by atoms with Crippen LogP contribution in [0.5, 0.6) is 5.75 Å². The fourth-order valence-electron chi connectivity index (χ4n) is 1.63. The fourth-order valence-corrected chi connectivity index (χ4v) is 1.63. The molecule has 0 atom stereocenters. The van der Waals surface area contributed by atoms with Crippen molar-refractivity contribution in [3.05, 3.63) is 30.1 Å². The summed E-state index contributed by atoms with van der Waals surface area (Å²) in [4.78, 5) is 13.0. The van der Waals surface area contributed by atoms with Crippen molar-refractivity contribution < 1.29 is 19.0 Å². The average Bonchev–Trinajstić information content (AvgIpc) is 2.27. The molecule has 1 aromatic rings. The predicted octanol–water partition coefficient (Wildman–Crippen LogP) is 0.798. The highest BCUT2D eigenvalue weighted by molar-refractivity contribution is 5.77. The molecule has 1 aliphatic heterocycles. The molecule has 0 radical (unpaired) electrons. The van der Waals surface area contributed by atoms with Gasteiger partial charge >= 0.3 is 0 Å². The summed E-state index contributed by atoms with van der Waals surface area (Å²) in [5, 5.41) is 9.03. The van der Waals surface area contributed by atoms with Crippen molar-refractivity contribution in [2.75, 3.05) is 19.7 Å². The summed E-state index contributed by atoms with van der Waals surface area (Å²) in [6, 6.07) is 6.08. The number of para-hydroxylation sites is 1. The van der Waals surface area contributed by atoms with E-state index < -0.39 is 11.9 Å². The van der Waals surface area contributed by atoms with E-state index >= 15 is 0 Å². The van der Waals surface area contributed by atoms with E-state index in [1.54, 1.807) is 17.0 Å². The number of benzene rings is 1. The Morgan fingerprint density at radius 2 is 2.18 bits per heavy atom. The first kappa shape index (κ1) is 11.9. The topological polar surface area (TPSA) is 49.8 Å². The average molecular weight is 239 g/mol. The summed E-state index contributed by atoms with van der Waals surface area (Å²) in [6.45, 7) is 0.920. The molecule has 1 aromatic carbocycles. The number of nitrogens with zero attached hydrogens (tertiary/aromatic N) is 1. The molecule has 1 aliphatic rings. The third-order valence-corrected chi connectivity index (χ3v) is 2.63. The lowest BCUT2D eigenvalue weighted by Crippen LogP contribution is -2.53. The molecule has 1 saturated heterocycles. The number of halogens is 1. The number of aliphatic hydroxyl groups excluding tert-OH is 1. The number of rotatable bonds is 4. The molecular weight excluding hydrogens is 225 g/mol. The summed E-state index contributed by atoms with van der Waals surface area (Å²) < 4.78 is 18.3. The van der Waals surface area contributed by atoms with Crippen LogP contribution >= 0.6 is 0 Å². The molecule has 0 saturated carbocycles. The molecule has 2 rings (SSSR count). The molecule has 17 heavy (non-hydrogen) atoms. The van der Waals surface area contributed by atoms with Crippen LogP contribution in [-0.4, -0.2) is 41.7 Å². The van der Waals surface area contributed by atoms with Gasteiger partial charge in [-0.25, -0.2) is 4.39 Å². The van der Waals surface area contributed by atoms with Crippen molar-refractivity contribution in [2.24, 2.45) is 0 Å². The van der Waals surface area contributed by atoms with E-state index in [0.717, 1.165) is 0 Å². The van der Waals surface area contributed by atoms with Crippen molar-refractivity contribution in [1.29, 1.82) is 0 Å². The first-order valence-electron chi connectivity index (χ1n) is 5.50. The van der Waals surface area contributed by atoms with E-state index in [2.05, 4.69) is 0 Å². The highest BCUT2D eigenvalue weighted by Gasteiger charge is 2.28. The van der Waals surface area contributed by atoms with Crippen molar-refractivity contribution >= 4 is 5.91 Å². The fraction of sp³-hybridized carbons (Fsp3) is 0.417. The molecule has 92 valence electrons. The van der Waals surface area contributed by atoms with Gasteiger partial charge in [-0.05, 0) is 12.1 Å². The van der Waals surface area contributed by atoms with Crippen molar-refractivity contribution in [1.82, 2.24) is 4.90 Å². The smallest absolute Gasteiger partial charge is 0.226 e. The molecule has 4 nitrogen and oxygen atoms in total. The Bertz CT molecular complexity index is 404. The van der Waals surface area contributed by atoms with Crippen LogP contribution in [-0.2, 0) is 4.79 Å². The van der Waals surface area contributed by atoms with Gasteiger partial charge in [0.05, 0.1) is 19.1 Å². The summed E-state index contributed by atoms with van der Waals surface area (Å²) >= 11 is 0. The molecule has 0 aromatic heterocycles. The van der Waals surface area contributed by atoms with Gasteiger partial charge in [0, 0.05) is 13.1 Å². The first-order valence-corrected chi connectivity index (χ1v) is 5.50. The maximum atomic E-state index is 13.1. The Morgan fingerprint density at radius 3 is 2.82 bits per heavy atom. The molecule has 1 N–H and O–H groups in total. The molecule has 0 bridgehead atoms. The van der Waals surface area contributed by atoms with Crippen LogP contribution in [0.2, 0.25) is 0 Å². The normalized spacial score (nSPS) is 15.5. The third kappa shape index (κ3) is 2.94. The Labute approximate surface area is 98.6 Å². The number of amides is 1. The number of hydrogen-bond donors (Lipinski definition) is 1. The van der Waals surface area contributed by atoms with Gasteiger partial charge in [-0.15, -0.1) is 0 Å². The van der Waals surface area contributed by atoms with Crippen LogP contribution in [0, 0.1) is 5.82 Å². The Hall–Kier alpha value is -1.62. The summed E-state index contributed by atoms with van der Waals surface area (Å²) in [5.41, 5.74) is 0. The van der Waals surface area contributed by atoms with Gasteiger partial charge in [-0.3, -0.25) is 4.79 Å². The van der Waals surface area contributed by atoms with Crippen LogP contribution < -0.4 is 4.74 Å². The van der Waals surface area contributed by atoms with Crippen LogP contribution in [0.25, 0.3) is 0 Å². The number of hydrogen-bond acceptors (Lipinski definition) is 3. The Balaban J connectivity index is 1.73. The maximum Gasteiger partial charge on any atom is 0.226 e. The minimum Gasteiger partial charge on any atom is -0.490 e. The Morgan fingerprint density at radius 1 is 1.47 bits per heavy atom. The second-order valence-electron chi connectivity index (χ2n) is 3.98. The van der Waals surface area contributed by atoms with E-state index in [9.17, 15) is 9.18 Å². The zero-order valence-electron chi connectivity index (χ0n) is 9.30. The van der Waals surface area contributed by atoms with Gasteiger partial charge in [-0.2, -0.15) is 0 Å². The lowest BCUT2D eigenvalue weighted by atomic mass is 10.1. The van der Waals surface area contributed by atoms with E-state index in [-0.39, 0.29) is 24.7 Å². The monoisotopic (exact) mass is 239 g/mol. The summed E-state index contributed by atoms with van der Waals surface area (Å²) in [7, 11) is 0. The largest absolute Gasteiger partial charge is 0.490 e. The number of likely N-dealkylation sites (tertiary alicyclic amines) is 1. The number of carbonyl (C=O) groups excluding carboxylic acids is 1. The van der Waals surface area contributed by atoms with Crippen LogP contribution in [0.4, 0.5) is 4.39 Å². The van der Waals surface area contributed by atoms with Gasteiger partial charge < -0.3 is 14.7 Å². The molecular formula is C12H14FNO3. The number of aliphatic hydroxyl groups is 1. The van der Waals surface area contributed by atoms with Crippen LogP contribution in [0.15, 0.2) is 24.3 Å². The van der Waals surface area contributed by atoms with E-state index in [0.29, 0.717) is 13.1 Å². The lowest BCUT2D eigenvalue weighted by molar-refractivity contribution is -0.141. The van der Waals surface area contributed by atoms with E-state index in [1.807, 2.05) is 0 Å². The molecule has 5 heteroatoms. The quantitative estimate of drug-likeness (QED) is 0.845. The first-order chi connectivity index (χ1) is 8.16. The second kappa shape index (κ2) is 5.14. The zero-order chi connectivity index (χ0) is 12.3.